The largest absolute Gasteiger partial charge is 0.462 e. The fourth-order valence-corrected chi connectivity index (χ4v) is 8.22. The van der Waals surface area contributed by atoms with Crippen molar-refractivity contribution in [3.05, 3.63) is 0 Å². The van der Waals surface area contributed by atoms with Gasteiger partial charge >= 0.3 is 17.9 Å². The number of rotatable bonds is 49. The van der Waals surface area contributed by atoms with Gasteiger partial charge in [0.2, 0.25) is 0 Å². The summed E-state index contributed by atoms with van der Waals surface area (Å²) in [7, 11) is 0. The van der Waals surface area contributed by atoms with E-state index < -0.39 is 6.10 Å². The van der Waals surface area contributed by atoms with Crippen molar-refractivity contribution >= 4 is 17.9 Å². The molecule has 356 valence electrons. The van der Waals surface area contributed by atoms with Gasteiger partial charge in [0.1, 0.15) is 13.2 Å². The molecule has 1 atom stereocenters. The van der Waals surface area contributed by atoms with E-state index in [9.17, 15) is 14.4 Å². The monoisotopic (exact) mass is 849 g/mol. The van der Waals surface area contributed by atoms with Crippen molar-refractivity contribution in [2.75, 3.05) is 13.2 Å². The van der Waals surface area contributed by atoms with E-state index >= 15 is 0 Å². The van der Waals surface area contributed by atoms with Gasteiger partial charge in [0, 0.05) is 19.3 Å². The quantitative estimate of drug-likeness (QED) is 0.0345. The number of esters is 3. The maximum absolute atomic E-state index is 12.7. The van der Waals surface area contributed by atoms with Crippen molar-refractivity contribution in [1.29, 1.82) is 0 Å². The summed E-state index contributed by atoms with van der Waals surface area (Å²) in [5, 5.41) is 0. The van der Waals surface area contributed by atoms with E-state index in [1.807, 2.05) is 0 Å². The zero-order valence-corrected chi connectivity index (χ0v) is 40.9. The molecule has 0 rings (SSSR count). The minimum Gasteiger partial charge on any atom is -0.462 e. The molecule has 0 saturated heterocycles. The first kappa shape index (κ1) is 58.4. The van der Waals surface area contributed by atoms with Gasteiger partial charge in [-0.3, -0.25) is 14.4 Å². The summed E-state index contributed by atoms with van der Waals surface area (Å²) in [5.41, 5.74) is 0. The van der Waals surface area contributed by atoms with Crippen LogP contribution in [0.25, 0.3) is 0 Å². The number of carbonyl (C=O) groups excluding carboxylic acids is 3. The van der Waals surface area contributed by atoms with Crippen molar-refractivity contribution < 1.29 is 28.6 Å². The highest BCUT2D eigenvalue weighted by Crippen LogP contribution is 2.17. The molecule has 0 radical (unpaired) electrons. The lowest BCUT2D eigenvalue weighted by Crippen LogP contribution is -2.30. The lowest BCUT2D eigenvalue weighted by Gasteiger charge is -2.18. The Labute approximate surface area is 374 Å². The van der Waals surface area contributed by atoms with Crippen LogP contribution in [0, 0.1) is 5.92 Å². The Morgan fingerprint density at radius 3 is 0.817 bits per heavy atom. The maximum atomic E-state index is 12.7. The number of ether oxygens (including phenoxy) is 3. The van der Waals surface area contributed by atoms with Gasteiger partial charge in [-0.25, -0.2) is 0 Å². The summed E-state index contributed by atoms with van der Waals surface area (Å²) in [5.74, 6) is 0.000327. The van der Waals surface area contributed by atoms with Crippen LogP contribution in [-0.2, 0) is 28.6 Å². The highest BCUT2D eigenvalue weighted by molar-refractivity contribution is 5.71. The predicted octanol–water partition coefficient (Wildman–Crippen LogP) is 17.5. The summed E-state index contributed by atoms with van der Waals surface area (Å²) in [6.07, 6.45) is 51.1. The lowest BCUT2D eigenvalue weighted by molar-refractivity contribution is -0.167. The van der Waals surface area contributed by atoms with Crippen LogP contribution in [-0.4, -0.2) is 37.2 Å². The second-order valence-electron chi connectivity index (χ2n) is 19.0. The van der Waals surface area contributed by atoms with E-state index in [0.29, 0.717) is 19.3 Å². The van der Waals surface area contributed by atoms with Gasteiger partial charge in [0.15, 0.2) is 6.10 Å². The van der Waals surface area contributed by atoms with Crippen LogP contribution in [0.1, 0.15) is 304 Å². The number of unbranched alkanes of at least 4 members (excludes halogenated alkanes) is 36. The van der Waals surface area contributed by atoms with Crippen LogP contribution in [0.4, 0.5) is 0 Å². The first-order chi connectivity index (χ1) is 29.4. The Hall–Kier alpha value is -1.59. The summed E-state index contributed by atoms with van der Waals surface area (Å²) >= 11 is 0. The molecule has 60 heavy (non-hydrogen) atoms. The van der Waals surface area contributed by atoms with Gasteiger partial charge in [-0.2, -0.15) is 0 Å². The van der Waals surface area contributed by atoms with Crippen LogP contribution in [0.15, 0.2) is 0 Å². The normalized spacial score (nSPS) is 11.9. The smallest absolute Gasteiger partial charge is 0.306 e. The molecule has 0 aromatic heterocycles. The van der Waals surface area contributed by atoms with Crippen LogP contribution in [0.2, 0.25) is 0 Å². The van der Waals surface area contributed by atoms with Crippen molar-refractivity contribution in [2.45, 2.75) is 310 Å². The second-order valence-corrected chi connectivity index (χ2v) is 19.0. The third-order valence-corrected chi connectivity index (χ3v) is 12.3. The molecule has 0 amide bonds. The fraction of sp³-hybridized carbons (Fsp3) is 0.944. The zero-order valence-electron chi connectivity index (χ0n) is 40.9. The van der Waals surface area contributed by atoms with Crippen molar-refractivity contribution in [1.82, 2.24) is 0 Å². The zero-order chi connectivity index (χ0) is 43.8. The van der Waals surface area contributed by atoms with E-state index in [0.717, 1.165) is 63.7 Å². The molecular formula is C54H104O6. The summed E-state index contributed by atoms with van der Waals surface area (Å²) in [6.45, 7) is 9.01. The molecule has 6 heteroatoms. The third kappa shape index (κ3) is 47.5. The number of hydrogen-bond donors (Lipinski definition) is 0. The molecule has 0 fully saturated rings. The number of carbonyl (C=O) groups is 3. The molecule has 0 aliphatic rings. The molecule has 0 aromatic rings. The van der Waals surface area contributed by atoms with E-state index in [1.54, 1.807) is 0 Å². The van der Waals surface area contributed by atoms with Gasteiger partial charge in [0.25, 0.3) is 0 Å². The first-order valence-corrected chi connectivity index (χ1v) is 26.9. The van der Waals surface area contributed by atoms with Gasteiger partial charge in [-0.15, -0.1) is 0 Å². The van der Waals surface area contributed by atoms with Crippen molar-refractivity contribution in [2.24, 2.45) is 5.92 Å². The second kappa shape index (κ2) is 48.4. The van der Waals surface area contributed by atoms with Crippen molar-refractivity contribution in [3.63, 3.8) is 0 Å². The van der Waals surface area contributed by atoms with E-state index in [1.165, 1.54) is 199 Å². The molecule has 0 spiro atoms. The van der Waals surface area contributed by atoms with E-state index in [-0.39, 0.29) is 31.1 Å². The highest BCUT2D eigenvalue weighted by Gasteiger charge is 2.19. The SMILES string of the molecule is CCCCCCCCCCCCCCCCCCCC(=O)OC[C@@H](COC(=O)CCCCCCCCCCCCCCCCCC(C)C)OC(=O)CCCCCCCCC. The fourth-order valence-electron chi connectivity index (χ4n) is 8.22. The summed E-state index contributed by atoms with van der Waals surface area (Å²) < 4.78 is 16.8. The minimum absolute atomic E-state index is 0.0631. The maximum Gasteiger partial charge on any atom is 0.306 e. The molecule has 0 N–H and O–H groups in total. The average Bonchev–Trinajstić information content (AvgIpc) is 3.23. The van der Waals surface area contributed by atoms with E-state index in [4.69, 9.17) is 14.2 Å². The van der Waals surface area contributed by atoms with E-state index in [2.05, 4.69) is 27.7 Å². The summed E-state index contributed by atoms with van der Waals surface area (Å²) in [6, 6.07) is 0. The molecule has 0 aliphatic carbocycles. The molecule has 0 heterocycles. The van der Waals surface area contributed by atoms with Gasteiger partial charge < -0.3 is 14.2 Å². The Morgan fingerprint density at radius 1 is 0.317 bits per heavy atom. The molecular weight excluding hydrogens is 745 g/mol. The molecule has 0 unspecified atom stereocenters. The van der Waals surface area contributed by atoms with Crippen molar-refractivity contribution in [3.8, 4) is 0 Å². The third-order valence-electron chi connectivity index (χ3n) is 12.3. The minimum atomic E-state index is -0.759. The standard InChI is InChI=1S/C54H104O6/c1-5-7-9-11-13-14-15-16-17-18-21-24-27-30-34-37-41-45-52(55)58-48-51(60-54(57)47-43-39-32-12-10-8-6-2)49-59-53(56)46-42-38-35-31-28-25-22-19-20-23-26-29-33-36-40-44-50(3)4/h50-51H,5-49H2,1-4H3/t51-/m0/s1. The molecule has 0 bridgehead atoms. The Kier molecular flexibility index (Phi) is 47.2. The molecule has 0 aromatic carbocycles. The summed E-state index contributed by atoms with van der Waals surface area (Å²) in [4.78, 5) is 37.8. The molecule has 0 saturated carbocycles. The Balaban J connectivity index is 4.13. The highest BCUT2D eigenvalue weighted by atomic mass is 16.6. The van der Waals surface area contributed by atoms with Crippen LogP contribution < -0.4 is 0 Å². The topological polar surface area (TPSA) is 78.9 Å². The van der Waals surface area contributed by atoms with Gasteiger partial charge in [-0.1, -0.05) is 265 Å². The van der Waals surface area contributed by atoms with Gasteiger partial charge in [-0.05, 0) is 25.2 Å². The van der Waals surface area contributed by atoms with Crippen LogP contribution in [0.5, 0.6) is 0 Å². The predicted molar refractivity (Wildman–Crippen MR) is 257 cm³/mol. The lowest BCUT2D eigenvalue weighted by atomic mass is 10.0. The van der Waals surface area contributed by atoms with Crippen LogP contribution >= 0.6 is 0 Å². The molecule has 0 aliphatic heterocycles. The number of hydrogen-bond acceptors (Lipinski definition) is 6. The average molecular weight is 849 g/mol. The van der Waals surface area contributed by atoms with Gasteiger partial charge in [0.05, 0.1) is 0 Å². The Bertz CT molecular complexity index is 903. The Morgan fingerprint density at radius 2 is 0.550 bits per heavy atom. The molecule has 6 nitrogen and oxygen atoms in total. The first-order valence-electron chi connectivity index (χ1n) is 26.9. The van der Waals surface area contributed by atoms with Crippen LogP contribution in [0.3, 0.4) is 0 Å².